The second-order valence-electron chi connectivity index (χ2n) is 15.4. The second-order valence-corrected chi connectivity index (χ2v) is 17.4. The van der Waals surface area contributed by atoms with Crippen molar-refractivity contribution in [2.24, 2.45) is 17.0 Å². The molecule has 2 aromatic carbocycles. The minimum absolute atomic E-state index is 0.0428. The van der Waals surface area contributed by atoms with Crippen molar-refractivity contribution >= 4 is 39.5 Å². The van der Waals surface area contributed by atoms with Crippen LogP contribution < -0.4 is 15.4 Å². The van der Waals surface area contributed by atoms with E-state index < -0.39 is 80.1 Å². The number of amides is 5. The molecule has 0 unspecified atom stereocenters. The molecule has 0 bridgehead atoms. The van der Waals surface area contributed by atoms with Gasteiger partial charge in [-0.05, 0) is 57.1 Å². The van der Waals surface area contributed by atoms with Crippen LogP contribution in [0.3, 0.4) is 0 Å². The van der Waals surface area contributed by atoms with Gasteiger partial charge in [0.05, 0.1) is 11.8 Å². The summed E-state index contributed by atoms with van der Waals surface area (Å²) in [6, 6.07) is 12.0. The molecule has 0 radical (unpaired) electrons. The van der Waals surface area contributed by atoms with E-state index in [1.54, 1.807) is 34.6 Å². The standard InChI is InChI=1S/C37H46N6O8S/c1-7-22-19-37(22,34(46)41-52(49,50)24-16-17-24)38-32(44)29-18-23(20-42(29)33(45)31(21(2)3)43(48)35(47)39-36(4,5)6)51-40-30-27-14-10-8-12-25(27)26-13-9-11-15-28(26)30/h7-15,21-24,29,31,48H,1,16-20H2,2-6H3,(H,38,44)(H,39,47)(H,41,46)/t22-,23-,29+,31-,37+/m1/s1. The van der Waals surface area contributed by atoms with Crippen molar-refractivity contribution in [1.29, 1.82) is 0 Å². The summed E-state index contributed by atoms with van der Waals surface area (Å²) >= 11 is 0. The highest BCUT2D eigenvalue weighted by Crippen LogP contribution is 2.45. The first-order valence-electron chi connectivity index (χ1n) is 17.5. The number of nitrogens with zero attached hydrogens (tertiary/aromatic N) is 3. The molecule has 0 aromatic heterocycles. The molecule has 5 atom stereocenters. The molecule has 3 fully saturated rings. The van der Waals surface area contributed by atoms with E-state index in [9.17, 15) is 32.8 Å². The fraction of sp³-hybridized carbons (Fsp3) is 0.486. The summed E-state index contributed by atoms with van der Waals surface area (Å²) in [5.74, 6) is -3.44. The van der Waals surface area contributed by atoms with Crippen molar-refractivity contribution in [3.8, 4) is 11.1 Å². The highest BCUT2D eigenvalue weighted by Gasteiger charge is 2.62. The molecule has 15 heteroatoms. The molecule has 5 amide bonds. The van der Waals surface area contributed by atoms with Crippen LogP contribution in [0, 0.1) is 11.8 Å². The van der Waals surface area contributed by atoms with Crippen molar-refractivity contribution in [3.05, 3.63) is 72.3 Å². The Kier molecular flexibility index (Phi) is 9.72. The number of nitrogens with one attached hydrogen (secondary N) is 3. The molecule has 4 N–H and O–H groups in total. The largest absolute Gasteiger partial charge is 0.390 e. The molecule has 0 spiro atoms. The van der Waals surface area contributed by atoms with Crippen molar-refractivity contribution < 1.29 is 37.6 Å². The van der Waals surface area contributed by atoms with E-state index in [2.05, 4.69) is 27.1 Å². The zero-order valence-corrected chi connectivity index (χ0v) is 30.8. The number of sulfonamides is 1. The van der Waals surface area contributed by atoms with Gasteiger partial charge < -0.3 is 20.4 Å². The Morgan fingerprint density at radius 3 is 2.12 bits per heavy atom. The van der Waals surface area contributed by atoms with E-state index in [4.69, 9.17) is 4.84 Å². The number of likely N-dealkylation sites (tertiary alicyclic amines) is 1. The molecule has 3 aliphatic carbocycles. The summed E-state index contributed by atoms with van der Waals surface area (Å²) in [5, 5.41) is 20.7. The normalized spacial score (nSPS) is 23.9. The molecule has 2 saturated carbocycles. The van der Waals surface area contributed by atoms with Gasteiger partial charge in [0.1, 0.15) is 29.4 Å². The van der Waals surface area contributed by atoms with Crippen LogP contribution in [0.15, 0.2) is 66.3 Å². The number of rotatable bonds is 11. The van der Waals surface area contributed by atoms with E-state index in [1.807, 2.05) is 48.5 Å². The molecular formula is C37H46N6O8S. The lowest BCUT2D eigenvalue weighted by atomic mass is 10.0. The van der Waals surface area contributed by atoms with Gasteiger partial charge in [-0.3, -0.25) is 24.3 Å². The van der Waals surface area contributed by atoms with Crippen LogP contribution in [0.5, 0.6) is 0 Å². The highest BCUT2D eigenvalue weighted by molar-refractivity contribution is 7.91. The fourth-order valence-corrected chi connectivity index (χ4v) is 8.32. The molecule has 278 valence electrons. The molecule has 4 aliphatic rings. The van der Waals surface area contributed by atoms with Crippen LogP contribution in [-0.4, -0.2) is 94.1 Å². The third-order valence-corrected chi connectivity index (χ3v) is 11.7. The van der Waals surface area contributed by atoms with Gasteiger partial charge in [-0.15, -0.1) is 6.58 Å². The average molecular weight is 735 g/mol. The summed E-state index contributed by atoms with van der Waals surface area (Å²) in [7, 11) is -3.91. The Hall–Kier alpha value is -4.76. The highest BCUT2D eigenvalue weighted by atomic mass is 32.2. The summed E-state index contributed by atoms with van der Waals surface area (Å²) in [6.07, 6.45) is 1.65. The molecule has 1 saturated heterocycles. The second kappa shape index (κ2) is 13.7. The monoisotopic (exact) mass is 734 g/mol. The first-order chi connectivity index (χ1) is 24.5. The van der Waals surface area contributed by atoms with E-state index in [0.29, 0.717) is 23.6 Å². The molecular weight excluding hydrogens is 689 g/mol. The molecule has 1 aliphatic heterocycles. The minimum Gasteiger partial charge on any atom is -0.390 e. The van der Waals surface area contributed by atoms with Crippen molar-refractivity contribution in [2.45, 2.75) is 94.8 Å². The van der Waals surface area contributed by atoms with Crippen LogP contribution in [0.25, 0.3) is 11.1 Å². The Balaban J connectivity index is 1.29. The summed E-state index contributed by atoms with van der Waals surface area (Å²) < 4.78 is 27.5. The van der Waals surface area contributed by atoms with E-state index in [0.717, 1.165) is 22.3 Å². The number of hydrogen-bond acceptors (Lipinski definition) is 9. The van der Waals surface area contributed by atoms with Crippen molar-refractivity contribution in [3.63, 3.8) is 0 Å². The number of urea groups is 1. The van der Waals surface area contributed by atoms with Gasteiger partial charge in [-0.1, -0.05) is 73.6 Å². The molecule has 14 nitrogen and oxygen atoms in total. The zero-order chi connectivity index (χ0) is 37.7. The quantitative estimate of drug-likeness (QED) is 0.131. The maximum atomic E-state index is 14.3. The van der Waals surface area contributed by atoms with Crippen molar-refractivity contribution in [1.82, 2.24) is 25.3 Å². The smallest absolute Gasteiger partial charge is 0.342 e. The molecule has 2 aromatic rings. The van der Waals surface area contributed by atoms with E-state index >= 15 is 0 Å². The van der Waals surface area contributed by atoms with Gasteiger partial charge in [-0.2, -0.15) is 5.06 Å². The number of hydrogen-bond donors (Lipinski definition) is 4. The first-order valence-corrected chi connectivity index (χ1v) is 19.1. The SMILES string of the molecule is C=C[C@@H]1C[C@@]1(NC(=O)[C@@H]1C[C@@H](ON=C2c3ccccc3-c3ccccc32)CN1C(=O)[C@@H](C(C)C)N(O)C(=O)NC(C)(C)C)C(=O)NS(=O)(=O)C1CC1. The summed E-state index contributed by atoms with van der Waals surface area (Å²) in [5.41, 5.74) is 2.00. The Bertz CT molecular complexity index is 1890. The first kappa shape index (κ1) is 37.0. The topological polar surface area (TPSA) is 187 Å². The number of oxime groups is 1. The van der Waals surface area contributed by atoms with Gasteiger partial charge in [0.15, 0.2) is 0 Å². The summed E-state index contributed by atoms with van der Waals surface area (Å²) in [6.45, 7) is 12.1. The Morgan fingerprint density at radius 2 is 1.62 bits per heavy atom. The van der Waals surface area contributed by atoms with Crippen LogP contribution in [-0.2, 0) is 29.2 Å². The average Bonchev–Trinajstić information content (AvgIpc) is 3.99. The van der Waals surface area contributed by atoms with Crippen LogP contribution in [0.1, 0.15) is 71.4 Å². The maximum Gasteiger partial charge on any atom is 0.342 e. The number of benzene rings is 2. The zero-order valence-electron chi connectivity index (χ0n) is 30.0. The van der Waals surface area contributed by atoms with Crippen LogP contribution in [0.2, 0.25) is 0 Å². The van der Waals surface area contributed by atoms with Gasteiger partial charge >= 0.3 is 6.03 Å². The van der Waals surface area contributed by atoms with Crippen LogP contribution in [0.4, 0.5) is 4.79 Å². The molecule has 52 heavy (non-hydrogen) atoms. The summed E-state index contributed by atoms with van der Waals surface area (Å²) in [4.78, 5) is 62.3. The number of fused-ring (bicyclic) bond motifs is 3. The van der Waals surface area contributed by atoms with E-state index in [1.165, 1.54) is 11.0 Å². The lowest BCUT2D eigenvalue weighted by Crippen LogP contribution is -2.60. The number of carbonyl (C=O) groups excluding carboxylic acids is 4. The lowest BCUT2D eigenvalue weighted by Gasteiger charge is -2.35. The maximum absolute atomic E-state index is 14.3. The van der Waals surface area contributed by atoms with Gasteiger partial charge in [0.25, 0.3) is 5.91 Å². The van der Waals surface area contributed by atoms with E-state index in [-0.39, 0.29) is 19.4 Å². The lowest BCUT2D eigenvalue weighted by molar-refractivity contribution is -0.158. The van der Waals surface area contributed by atoms with Gasteiger partial charge in [0, 0.05) is 29.0 Å². The minimum atomic E-state index is -3.91. The number of hydroxylamine groups is 2. The predicted octanol–water partition coefficient (Wildman–Crippen LogP) is 3.30. The van der Waals surface area contributed by atoms with Gasteiger partial charge in [0.2, 0.25) is 21.8 Å². The number of carbonyl (C=O) groups is 4. The third-order valence-electron chi connectivity index (χ3n) is 9.88. The third kappa shape index (κ3) is 7.16. The molecule has 6 rings (SSSR count). The van der Waals surface area contributed by atoms with Gasteiger partial charge in [-0.25, -0.2) is 13.2 Å². The Labute approximate surface area is 303 Å². The Morgan fingerprint density at radius 1 is 1.04 bits per heavy atom. The predicted molar refractivity (Wildman–Crippen MR) is 192 cm³/mol. The fourth-order valence-electron chi connectivity index (χ4n) is 6.95. The van der Waals surface area contributed by atoms with Crippen LogP contribution >= 0.6 is 0 Å². The molecule has 1 heterocycles. The van der Waals surface area contributed by atoms with Crippen molar-refractivity contribution in [2.75, 3.05) is 6.54 Å².